The minimum atomic E-state index is 0.706. The van der Waals surface area contributed by atoms with Gasteiger partial charge in [-0.1, -0.05) is 20.4 Å². The number of nitrogens with zero attached hydrogens (tertiary/aromatic N) is 2. The van der Waals surface area contributed by atoms with Gasteiger partial charge in [0, 0.05) is 23.2 Å². The molecule has 0 aliphatic rings. The van der Waals surface area contributed by atoms with Gasteiger partial charge in [0.1, 0.15) is 6.29 Å². The zero-order valence-corrected chi connectivity index (χ0v) is 13.2. The second-order valence-corrected chi connectivity index (χ2v) is 4.87. The van der Waals surface area contributed by atoms with Crippen LogP contribution in [0.4, 0.5) is 0 Å². The number of aliphatic imine (C=N–C) groups is 1. The second kappa shape index (κ2) is 8.15. The molecule has 0 unspecified atom stereocenters. The van der Waals surface area contributed by atoms with Crippen LogP contribution in [-0.4, -0.2) is 22.7 Å². The molecular formula is C17H23N3O. The number of hydrogen-bond acceptors (Lipinski definition) is 3. The van der Waals surface area contributed by atoms with Gasteiger partial charge in [-0.2, -0.15) is 5.10 Å². The number of carbonyl (C=O) groups excluding carboxylic acids is 1. The molecule has 0 aromatic carbocycles. The first-order chi connectivity index (χ1) is 10.0. The van der Waals surface area contributed by atoms with E-state index in [1.54, 1.807) is 6.21 Å². The van der Waals surface area contributed by atoms with Gasteiger partial charge >= 0.3 is 0 Å². The Morgan fingerprint density at radius 2 is 2.10 bits per heavy atom. The number of hydrogen-bond donors (Lipinski definition) is 1. The number of carbonyl (C=O) groups is 1. The summed E-state index contributed by atoms with van der Waals surface area (Å²) < 4.78 is 0. The SMILES string of the molecule is C=C(C)N=C/C=C(\C)c1n[nH]c(CC)c1/C=C(/C=O)CC. The minimum absolute atomic E-state index is 0.706. The van der Waals surface area contributed by atoms with E-state index in [-0.39, 0.29) is 0 Å². The van der Waals surface area contributed by atoms with Crippen molar-refractivity contribution < 1.29 is 4.79 Å². The molecule has 0 atom stereocenters. The van der Waals surface area contributed by atoms with Crippen molar-refractivity contribution >= 4 is 24.1 Å². The van der Waals surface area contributed by atoms with Crippen LogP contribution in [0.15, 0.2) is 28.9 Å². The molecule has 0 saturated carbocycles. The molecule has 0 spiro atoms. The first-order valence-electron chi connectivity index (χ1n) is 7.13. The van der Waals surface area contributed by atoms with E-state index in [1.807, 2.05) is 32.9 Å². The summed E-state index contributed by atoms with van der Waals surface area (Å²) >= 11 is 0. The van der Waals surface area contributed by atoms with Crippen LogP contribution in [0.2, 0.25) is 0 Å². The summed E-state index contributed by atoms with van der Waals surface area (Å²) in [7, 11) is 0. The maximum Gasteiger partial charge on any atom is 0.146 e. The van der Waals surface area contributed by atoms with E-state index in [0.717, 1.165) is 46.5 Å². The summed E-state index contributed by atoms with van der Waals surface area (Å²) in [4.78, 5) is 15.2. The van der Waals surface area contributed by atoms with Crippen LogP contribution in [0.25, 0.3) is 11.6 Å². The smallest absolute Gasteiger partial charge is 0.146 e. The molecule has 1 N–H and O–H groups in total. The van der Waals surface area contributed by atoms with E-state index in [0.29, 0.717) is 6.42 Å². The van der Waals surface area contributed by atoms with Crippen LogP contribution >= 0.6 is 0 Å². The number of aryl methyl sites for hydroxylation is 1. The Labute approximate surface area is 126 Å². The molecule has 0 aliphatic heterocycles. The average Bonchev–Trinajstić information content (AvgIpc) is 2.86. The van der Waals surface area contributed by atoms with Gasteiger partial charge in [0.2, 0.25) is 0 Å². The van der Waals surface area contributed by atoms with Crippen LogP contribution in [0.3, 0.4) is 0 Å². The van der Waals surface area contributed by atoms with Gasteiger partial charge in [-0.15, -0.1) is 0 Å². The molecule has 21 heavy (non-hydrogen) atoms. The Balaban J connectivity index is 3.25. The van der Waals surface area contributed by atoms with Crippen LogP contribution in [0.1, 0.15) is 51.1 Å². The quantitative estimate of drug-likeness (QED) is 0.468. The van der Waals surface area contributed by atoms with Crippen molar-refractivity contribution in [3.8, 4) is 0 Å². The van der Waals surface area contributed by atoms with Crippen molar-refractivity contribution in [2.45, 2.75) is 40.5 Å². The molecule has 0 amide bonds. The molecular weight excluding hydrogens is 262 g/mol. The Morgan fingerprint density at radius 1 is 1.38 bits per heavy atom. The fourth-order valence-corrected chi connectivity index (χ4v) is 1.87. The van der Waals surface area contributed by atoms with Crippen LogP contribution in [-0.2, 0) is 11.2 Å². The molecule has 4 heteroatoms. The van der Waals surface area contributed by atoms with E-state index in [2.05, 4.69) is 28.7 Å². The molecule has 1 aromatic heterocycles. The normalized spacial score (nSPS) is 13.0. The third-order valence-corrected chi connectivity index (χ3v) is 3.12. The zero-order chi connectivity index (χ0) is 15.8. The summed E-state index contributed by atoms with van der Waals surface area (Å²) in [6.45, 7) is 11.6. The largest absolute Gasteiger partial charge is 0.298 e. The van der Waals surface area contributed by atoms with Crippen molar-refractivity contribution in [1.29, 1.82) is 0 Å². The zero-order valence-electron chi connectivity index (χ0n) is 13.2. The first kappa shape index (κ1) is 16.8. The molecule has 1 aromatic rings. The summed E-state index contributed by atoms with van der Waals surface area (Å²) in [5.41, 5.74) is 5.37. The lowest BCUT2D eigenvalue weighted by molar-refractivity contribution is -0.104. The molecule has 4 nitrogen and oxygen atoms in total. The highest BCUT2D eigenvalue weighted by molar-refractivity contribution is 5.88. The van der Waals surface area contributed by atoms with Crippen molar-refractivity contribution in [3.05, 3.63) is 40.9 Å². The van der Waals surface area contributed by atoms with Gasteiger partial charge in [-0.3, -0.25) is 14.9 Å². The van der Waals surface area contributed by atoms with E-state index in [9.17, 15) is 4.79 Å². The average molecular weight is 285 g/mol. The molecule has 0 aliphatic carbocycles. The number of allylic oxidation sites excluding steroid dienone is 4. The Bertz CT molecular complexity index is 604. The molecule has 0 bridgehead atoms. The fraction of sp³-hybridized carbons (Fsp3) is 0.353. The Hall–Kier alpha value is -2.23. The number of aldehydes is 1. The predicted octanol–water partition coefficient (Wildman–Crippen LogP) is 3.97. The number of aromatic nitrogens is 2. The minimum Gasteiger partial charge on any atom is -0.298 e. The Morgan fingerprint density at radius 3 is 2.62 bits per heavy atom. The van der Waals surface area contributed by atoms with Gasteiger partial charge in [0.25, 0.3) is 0 Å². The standard InChI is InChI=1S/C17H23N3O/c1-6-14(11-21)10-15-16(7-2)19-20-17(15)13(5)8-9-18-12(3)4/h8-11H,3,6-7H2,1-2,4-5H3,(H,19,20)/b13-8+,14-10+,18-9?. The van der Waals surface area contributed by atoms with Gasteiger partial charge in [-0.25, -0.2) is 0 Å². The molecule has 0 fully saturated rings. The van der Waals surface area contributed by atoms with E-state index in [1.165, 1.54) is 0 Å². The van der Waals surface area contributed by atoms with Crippen LogP contribution in [0.5, 0.6) is 0 Å². The van der Waals surface area contributed by atoms with E-state index in [4.69, 9.17) is 0 Å². The lowest BCUT2D eigenvalue weighted by atomic mass is 10.0. The van der Waals surface area contributed by atoms with Crippen molar-refractivity contribution in [2.75, 3.05) is 0 Å². The molecule has 1 rings (SSSR count). The maximum absolute atomic E-state index is 11.0. The molecule has 0 saturated heterocycles. The monoisotopic (exact) mass is 285 g/mol. The lowest BCUT2D eigenvalue weighted by Crippen LogP contribution is -1.90. The highest BCUT2D eigenvalue weighted by Gasteiger charge is 2.11. The summed E-state index contributed by atoms with van der Waals surface area (Å²) in [5, 5.41) is 7.41. The topological polar surface area (TPSA) is 58.1 Å². The maximum atomic E-state index is 11.0. The lowest BCUT2D eigenvalue weighted by Gasteiger charge is -2.01. The number of H-pyrrole nitrogens is 1. The first-order valence-corrected chi connectivity index (χ1v) is 7.13. The van der Waals surface area contributed by atoms with E-state index >= 15 is 0 Å². The Kier molecular flexibility index (Phi) is 6.53. The third kappa shape index (κ3) is 4.67. The number of aromatic amines is 1. The highest BCUT2D eigenvalue weighted by atomic mass is 16.1. The van der Waals surface area contributed by atoms with Gasteiger partial charge < -0.3 is 0 Å². The summed E-state index contributed by atoms with van der Waals surface area (Å²) in [5.74, 6) is 0. The van der Waals surface area contributed by atoms with E-state index < -0.39 is 0 Å². The fourth-order valence-electron chi connectivity index (χ4n) is 1.87. The third-order valence-electron chi connectivity index (χ3n) is 3.12. The van der Waals surface area contributed by atoms with Crippen LogP contribution in [0, 0.1) is 0 Å². The van der Waals surface area contributed by atoms with Gasteiger partial charge in [0.15, 0.2) is 0 Å². The van der Waals surface area contributed by atoms with Gasteiger partial charge in [0.05, 0.1) is 5.69 Å². The molecule has 0 radical (unpaired) electrons. The number of nitrogens with one attached hydrogen (secondary N) is 1. The number of rotatable bonds is 7. The van der Waals surface area contributed by atoms with Crippen molar-refractivity contribution in [3.63, 3.8) is 0 Å². The van der Waals surface area contributed by atoms with Gasteiger partial charge in [-0.05, 0) is 50.0 Å². The second-order valence-electron chi connectivity index (χ2n) is 4.87. The predicted molar refractivity (Wildman–Crippen MR) is 89.3 cm³/mol. The molecule has 112 valence electrons. The van der Waals surface area contributed by atoms with Crippen molar-refractivity contribution in [2.24, 2.45) is 4.99 Å². The summed E-state index contributed by atoms with van der Waals surface area (Å²) in [6, 6.07) is 0. The highest BCUT2D eigenvalue weighted by Crippen LogP contribution is 2.23. The van der Waals surface area contributed by atoms with Crippen molar-refractivity contribution in [1.82, 2.24) is 10.2 Å². The molecule has 1 heterocycles. The van der Waals surface area contributed by atoms with Crippen LogP contribution < -0.4 is 0 Å². The summed E-state index contributed by atoms with van der Waals surface area (Å²) in [6.07, 6.45) is 7.97.